The van der Waals surface area contributed by atoms with Crippen molar-refractivity contribution in [1.82, 2.24) is 20.4 Å². The lowest BCUT2D eigenvalue weighted by atomic mass is 9.87. The summed E-state index contributed by atoms with van der Waals surface area (Å²) in [6, 6.07) is 8.25. The Kier molecular flexibility index (Phi) is 3.98. The third kappa shape index (κ3) is 2.77. The number of urea groups is 1. The van der Waals surface area contributed by atoms with E-state index in [0.29, 0.717) is 17.7 Å². The lowest BCUT2D eigenvalue weighted by Gasteiger charge is -2.25. The molecule has 3 heterocycles. The highest BCUT2D eigenvalue weighted by Crippen LogP contribution is 2.33. The van der Waals surface area contributed by atoms with Crippen LogP contribution < -0.4 is 5.32 Å². The fourth-order valence-electron chi connectivity index (χ4n) is 3.10. The molecule has 0 saturated carbocycles. The second kappa shape index (κ2) is 6.35. The molecule has 3 aromatic rings. The molecule has 1 atom stereocenters. The third-order valence-electron chi connectivity index (χ3n) is 4.55. The smallest absolute Gasteiger partial charge is 0.325 e. The van der Waals surface area contributed by atoms with E-state index >= 15 is 0 Å². The van der Waals surface area contributed by atoms with Crippen molar-refractivity contribution in [2.45, 2.75) is 25.4 Å². The molecule has 0 unspecified atom stereocenters. The highest BCUT2D eigenvalue weighted by atomic mass is 19.1. The first-order valence-electron chi connectivity index (χ1n) is 8.30. The van der Waals surface area contributed by atoms with Gasteiger partial charge in [-0.3, -0.25) is 9.69 Å². The first kappa shape index (κ1) is 17.0. The van der Waals surface area contributed by atoms with Gasteiger partial charge in [-0.2, -0.15) is 4.98 Å². The van der Waals surface area contributed by atoms with E-state index in [1.807, 2.05) is 0 Å². The summed E-state index contributed by atoms with van der Waals surface area (Å²) in [6.45, 7) is 1.59. The molecule has 9 heteroatoms. The Balaban J connectivity index is 1.60. The Morgan fingerprint density at radius 3 is 2.67 bits per heavy atom. The molecule has 138 valence electrons. The molecular formula is C18H15FN4O4. The number of aromatic nitrogens is 2. The molecule has 0 spiro atoms. The topological polar surface area (TPSA) is 101 Å². The van der Waals surface area contributed by atoms with E-state index in [4.69, 9.17) is 8.94 Å². The lowest BCUT2D eigenvalue weighted by molar-refractivity contribution is -0.132. The molecule has 1 fully saturated rings. The number of benzene rings is 1. The summed E-state index contributed by atoms with van der Waals surface area (Å²) in [5.41, 5.74) is -0.747. The Bertz CT molecular complexity index is 983. The van der Waals surface area contributed by atoms with Gasteiger partial charge in [-0.05, 0) is 36.2 Å². The molecule has 3 amide bonds. The SMILES string of the molecule is CC[C@]1(c2ccc(F)cc2)NC(=O)N(Cc2nc(-c3ccco3)no2)C1=O. The van der Waals surface area contributed by atoms with Crippen LogP contribution in [0.5, 0.6) is 0 Å². The van der Waals surface area contributed by atoms with Crippen molar-refractivity contribution in [1.29, 1.82) is 0 Å². The van der Waals surface area contributed by atoms with Crippen LogP contribution >= 0.6 is 0 Å². The van der Waals surface area contributed by atoms with Crippen LogP contribution in [0.3, 0.4) is 0 Å². The standard InChI is InChI=1S/C18H15FN4O4/c1-2-18(11-5-7-12(19)8-6-11)16(24)23(17(25)21-18)10-14-20-15(22-27-14)13-4-3-9-26-13/h3-9H,2,10H2,1H3,(H,21,25)/t18-/m1/s1. The minimum Gasteiger partial charge on any atom is -0.461 e. The van der Waals surface area contributed by atoms with Gasteiger partial charge in [0.25, 0.3) is 5.91 Å². The third-order valence-corrected chi connectivity index (χ3v) is 4.55. The number of hydrogen-bond acceptors (Lipinski definition) is 6. The summed E-state index contributed by atoms with van der Waals surface area (Å²) in [7, 11) is 0. The van der Waals surface area contributed by atoms with Crippen LogP contribution in [0.25, 0.3) is 11.6 Å². The van der Waals surface area contributed by atoms with Gasteiger partial charge >= 0.3 is 6.03 Å². The average molecular weight is 370 g/mol. The summed E-state index contributed by atoms with van der Waals surface area (Å²) in [5, 5.41) is 6.50. The van der Waals surface area contributed by atoms with Crippen molar-refractivity contribution in [3.05, 3.63) is 59.9 Å². The quantitative estimate of drug-likeness (QED) is 0.693. The predicted molar refractivity (Wildman–Crippen MR) is 89.5 cm³/mol. The zero-order valence-electron chi connectivity index (χ0n) is 14.3. The van der Waals surface area contributed by atoms with Crippen molar-refractivity contribution < 1.29 is 22.9 Å². The zero-order valence-corrected chi connectivity index (χ0v) is 14.3. The lowest BCUT2D eigenvalue weighted by Crippen LogP contribution is -2.43. The number of halogens is 1. The van der Waals surface area contributed by atoms with E-state index in [9.17, 15) is 14.0 Å². The van der Waals surface area contributed by atoms with Crippen molar-refractivity contribution in [2.75, 3.05) is 0 Å². The zero-order chi connectivity index (χ0) is 19.0. The summed E-state index contributed by atoms with van der Waals surface area (Å²) in [4.78, 5) is 30.6. The Morgan fingerprint density at radius 2 is 2.00 bits per heavy atom. The summed E-state index contributed by atoms with van der Waals surface area (Å²) >= 11 is 0. The highest BCUT2D eigenvalue weighted by molar-refractivity contribution is 6.07. The van der Waals surface area contributed by atoms with Crippen LogP contribution in [0.2, 0.25) is 0 Å². The first-order chi connectivity index (χ1) is 13.0. The number of rotatable bonds is 5. The fourth-order valence-corrected chi connectivity index (χ4v) is 3.10. The Hall–Kier alpha value is -3.49. The van der Waals surface area contributed by atoms with Gasteiger partial charge in [0.1, 0.15) is 17.9 Å². The maximum atomic E-state index is 13.2. The molecule has 0 bridgehead atoms. The van der Waals surface area contributed by atoms with E-state index in [-0.39, 0.29) is 18.3 Å². The monoisotopic (exact) mass is 370 g/mol. The maximum absolute atomic E-state index is 13.2. The average Bonchev–Trinajstić information content (AvgIpc) is 3.39. The fraction of sp³-hybridized carbons (Fsp3) is 0.222. The molecule has 1 aromatic carbocycles. The molecule has 0 aliphatic carbocycles. The molecule has 1 saturated heterocycles. The molecule has 1 aliphatic rings. The first-order valence-corrected chi connectivity index (χ1v) is 8.30. The van der Waals surface area contributed by atoms with Gasteiger partial charge in [0, 0.05) is 0 Å². The summed E-state index contributed by atoms with van der Waals surface area (Å²) in [5.74, 6) is -0.149. The minimum atomic E-state index is -1.26. The van der Waals surface area contributed by atoms with Gasteiger partial charge in [0.15, 0.2) is 5.76 Å². The number of carbonyl (C=O) groups excluding carboxylic acids is 2. The van der Waals surface area contributed by atoms with Crippen molar-refractivity contribution in [2.24, 2.45) is 0 Å². The number of imide groups is 1. The molecule has 2 aromatic heterocycles. The normalized spacial score (nSPS) is 19.6. The number of hydrogen-bond donors (Lipinski definition) is 1. The molecule has 1 aliphatic heterocycles. The van der Waals surface area contributed by atoms with Gasteiger partial charge < -0.3 is 14.3 Å². The molecule has 4 rings (SSSR count). The van der Waals surface area contributed by atoms with Crippen molar-refractivity contribution in [3.63, 3.8) is 0 Å². The minimum absolute atomic E-state index is 0.0934. The van der Waals surface area contributed by atoms with Gasteiger partial charge in [-0.25, -0.2) is 9.18 Å². The van der Waals surface area contributed by atoms with Crippen LogP contribution in [0.4, 0.5) is 9.18 Å². The van der Waals surface area contributed by atoms with E-state index < -0.39 is 23.3 Å². The molecular weight excluding hydrogens is 355 g/mol. The van der Waals surface area contributed by atoms with Gasteiger partial charge in [-0.1, -0.05) is 24.2 Å². The van der Waals surface area contributed by atoms with Crippen LogP contribution in [0, 0.1) is 5.82 Å². The Morgan fingerprint density at radius 1 is 1.22 bits per heavy atom. The summed E-state index contributed by atoms with van der Waals surface area (Å²) in [6.07, 6.45) is 1.78. The largest absolute Gasteiger partial charge is 0.461 e. The van der Waals surface area contributed by atoms with Crippen LogP contribution in [-0.4, -0.2) is 27.0 Å². The molecule has 0 radical (unpaired) electrons. The van der Waals surface area contributed by atoms with E-state index in [1.54, 1.807) is 19.1 Å². The second-order valence-corrected chi connectivity index (χ2v) is 6.08. The second-order valence-electron chi connectivity index (χ2n) is 6.08. The van der Waals surface area contributed by atoms with E-state index in [2.05, 4.69) is 15.5 Å². The maximum Gasteiger partial charge on any atom is 0.325 e. The number of nitrogens with zero attached hydrogens (tertiary/aromatic N) is 3. The van der Waals surface area contributed by atoms with Crippen molar-refractivity contribution >= 4 is 11.9 Å². The van der Waals surface area contributed by atoms with Crippen molar-refractivity contribution in [3.8, 4) is 11.6 Å². The van der Waals surface area contributed by atoms with Gasteiger partial charge in [0.2, 0.25) is 11.7 Å². The van der Waals surface area contributed by atoms with E-state index in [0.717, 1.165) is 4.90 Å². The molecule has 8 nitrogen and oxygen atoms in total. The van der Waals surface area contributed by atoms with Gasteiger partial charge in [0.05, 0.1) is 6.26 Å². The van der Waals surface area contributed by atoms with Crippen LogP contribution in [0.1, 0.15) is 24.8 Å². The van der Waals surface area contributed by atoms with Gasteiger partial charge in [-0.15, -0.1) is 0 Å². The van der Waals surface area contributed by atoms with Crippen LogP contribution in [0.15, 0.2) is 51.6 Å². The molecule has 27 heavy (non-hydrogen) atoms. The number of furan rings is 1. The highest BCUT2D eigenvalue weighted by Gasteiger charge is 2.51. The Labute approximate surface area is 153 Å². The van der Waals surface area contributed by atoms with E-state index in [1.165, 1.54) is 30.5 Å². The number of amides is 3. The molecule has 1 N–H and O–H groups in total. The number of nitrogens with one attached hydrogen (secondary N) is 1. The predicted octanol–water partition coefficient (Wildman–Crippen LogP) is 2.83. The van der Waals surface area contributed by atoms with Crippen LogP contribution in [-0.2, 0) is 16.9 Å². The number of carbonyl (C=O) groups is 2. The summed E-state index contributed by atoms with van der Waals surface area (Å²) < 4.78 is 23.6.